The van der Waals surface area contributed by atoms with Crippen molar-refractivity contribution in [3.05, 3.63) is 0 Å². The molecule has 0 aromatic heterocycles. The first-order chi connectivity index (χ1) is 5.77. The maximum atomic E-state index is 5.38. The van der Waals surface area contributed by atoms with Crippen molar-refractivity contribution in [3.63, 3.8) is 0 Å². The molecule has 0 aliphatic rings. The van der Waals surface area contributed by atoms with Crippen LogP contribution in [-0.2, 0) is 4.74 Å². The van der Waals surface area contributed by atoms with E-state index < -0.39 is 0 Å². The van der Waals surface area contributed by atoms with Gasteiger partial charge in [-0.2, -0.15) is 11.8 Å². The Morgan fingerprint density at radius 3 is 2.67 bits per heavy atom. The molecule has 3 heteroatoms. The molecule has 0 aromatic rings. The standard InChI is InChI=1S/C9H21NOS/c1-4-12-8-6-10-5-7-11-9(2)3/h9-10H,4-8H2,1-3H3. The summed E-state index contributed by atoms with van der Waals surface area (Å²) in [5.74, 6) is 2.42. The van der Waals surface area contributed by atoms with E-state index >= 15 is 0 Å². The van der Waals surface area contributed by atoms with E-state index in [1.165, 1.54) is 11.5 Å². The summed E-state index contributed by atoms with van der Waals surface area (Å²) in [6.45, 7) is 9.21. The number of rotatable bonds is 8. The van der Waals surface area contributed by atoms with Crippen LogP contribution >= 0.6 is 11.8 Å². The second-order valence-corrected chi connectivity index (χ2v) is 4.26. The largest absolute Gasteiger partial charge is 0.377 e. The molecule has 0 heterocycles. The molecule has 0 aliphatic carbocycles. The molecule has 0 unspecified atom stereocenters. The molecule has 0 amide bonds. The Morgan fingerprint density at radius 2 is 2.08 bits per heavy atom. The van der Waals surface area contributed by atoms with E-state index in [1.807, 2.05) is 11.8 Å². The molecule has 74 valence electrons. The summed E-state index contributed by atoms with van der Waals surface area (Å²) in [4.78, 5) is 0. The number of nitrogens with one attached hydrogen (secondary N) is 1. The molecule has 0 radical (unpaired) electrons. The van der Waals surface area contributed by atoms with E-state index in [0.29, 0.717) is 6.10 Å². The predicted molar refractivity (Wildman–Crippen MR) is 57.0 cm³/mol. The maximum Gasteiger partial charge on any atom is 0.0594 e. The highest BCUT2D eigenvalue weighted by atomic mass is 32.2. The van der Waals surface area contributed by atoms with E-state index in [1.54, 1.807) is 0 Å². The Balaban J connectivity index is 2.82. The van der Waals surface area contributed by atoms with Gasteiger partial charge in [0, 0.05) is 18.8 Å². The zero-order valence-corrected chi connectivity index (χ0v) is 9.25. The quantitative estimate of drug-likeness (QED) is 0.591. The molecule has 0 bridgehead atoms. The zero-order chi connectivity index (χ0) is 9.23. The van der Waals surface area contributed by atoms with Gasteiger partial charge in [-0.1, -0.05) is 6.92 Å². The first-order valence-electron chi connectivity index (χ1n) is 4.67. The van der Waals surface area contributed by atoms with Crippen molar-refractivity contribution < 1.29 is 4.74 Å². The number of ether oxygens (including phenoxy) is 1. The summed E-state index contributed by atoms with van der Waals surface area (Å²) in [5.41, 5.74) is 0. The lowest BCUT2D eigenvalue weighted by atomic mass is 10.5. The van der Waals surface area contributed by atoms with Gasteiger partial charge in [0.15, 0.2) is 0 Å². The van der Waals surface area contributed by atoms with E-state index in [9.17, 15) is 0 Å². The van der Waals surface area contributed by atoms with Crippen LogP contribution in [0.3, 0.4) is 0 Å². The maximum absolute atomic E-state index is 5.38. The Kier molecular flexibility index (Phi) is 9.57. The van der Waals surface area contributed by atoms with Crippen LogP contribution < -0.4 is 5.32 Å². The third-order valence-corrected chi connectivity index (χ3v) is 2.26. The van der Waals surface area contributed by atoms with Crippen molar-refractivity contribution in [3.8, 4) is 0 Å². The first kappa shape index (κ1) is 12.3. The van der Waals surface area contributed by atoms with Crippen LogP contribution in [-0.4, -0.2) is 37.3 Å². The fourth-order valence-corrected chi connectivity index (χ4v) is 1.36. The van der Waals surface area contributed by atoms with E-state index in [4.69, 9.17) is 4.74 Å². The SMILES string of the molecule is CCSCCNCCOC(C)C. The monoisotopic (exact) mass is 191 g/mol. The molecule has 1 N–H and O–H groups in total. The molecule has 12 heavy (non-hydrogen) atoms. The Morgan fingerprint density at radius 1 is 1.33 bits per heavy atom. The Labute approximate surface area is 80.4 Å². The van der Waals surface area contributed by atoms with E-state index in [2.05, 4.69) is 26.1 Å². The minimum atomic E-state index is 0.358. The number of hydrogen-bond donors (Lipinski definition) is 1. The van der Waals surface area contributed by atoms with Crippen molar-refractivity contribution in [2.24, 2.45) is 0 Å². The topological polar surface area (TPSA) is 21.3 Å². The van der Waals surface area contributed by atoms with E-state index in [-0.39, 0.29) is 0 Å². The molecular formula is C9H21NOS. The molecule has 0 aliphatic heterocycles. The third kappa shape index (κ3) is 10.3. The molecule has 0 saturated heterocycles. The van der Waals surface area contributed by atoms with Crippen LogP contribution in [0, 0.1) is 0 Å². The van der Waals surface area contributed by atoms with Gasteiger partial charge in [0.2, 0.25) is 0 Å². The van der Waals surface area contributed by atoms with Crippen molar-refractivity contribution >= 4 is 11.8 Å². The van der Waals surface area contributed by atoms with Gasteiger partial charge in [0.25, 0.3) is 0 Å². The molecule has 0 fully saturated rings. The summed E-state index contributed by atoms with van der Waals surface area (Å²) in [5, 5.41) is 3.33. The highest BCUT2D eigenvalue weighted by Crippen LogP contribution is 1.94. The van der Waals surface area contributed by atoms with Crippen LogP contribution in [0.25, 0.3) is 0 Å². The second kappa shape index (κ2) is 9.36. The van der Waals surface area contributed by atoms with Gasteiger partial charge in [0.1, 0.15) is 0 Å². The zero-order valence-electron chi connectivity index (χ0n) is 8.43. The smallest absolute Gasteiger partial charge is 0.0594 e. The molecule has 0 spiro atoms. The summed E-state index contributed by atoms with van der Waals surface area (Å²) in [7, 11) is 0. The summed E-state index contributed by atoms with van der Waals surface area (Å²) in [6, 6.07) is 0. The minimum absolute atomic E-state index is 0.358. The lowest BCUT2D eigenvalue weighted by Gasteiger charge is -2.07. The molecule has 0 saturated carbocycles. The molecule has 0 atom stereocenters. The van der Waals surface area contributed by atoms with Gasteiger partial charge in [-0.15, -0.1) is 0 Å². The lowest BCUT2D eigenvalue weighted by Crippen LogP contribution is -2.23. The van der Waals surface area contributed by atoms with Crippen LogP contribution in [0.5, 0.6) is 0 Å². The van der Waals surface area contributed by atoms with Gasteiger partial charge < -0.3 is 10.1 Å². The number of hydrogen-bond acceptors (Lipinski definition) is 3. The fourth-order valence-electron chi connectivity index (χ4n) is 0.780. The molecule has 2 nitrogen and oxygen atoms in total. The Hall–Kier alpha value is 0.270. The van der Waals surface area contributed by atoms with Gasteiger partial charge in [-0.05, 0) is 19.6 Å². The van der Waals surface area contributed by atoms with Crippen LogP contribution in [0.2, 0.25) is 0 Å². The normalized spacial score (nSPS) is 11.0. The van der Waals surface area contributed by atoms with Gasteiger partial charge in [0.05, 0.1) is 12.7 Å². The highest BCUT2D eigenvalue weighted by Gasteiger charge is 1.91. The molecule has 0 rings (SSSR count). The van der Waals surface area contributed by atoms with Crippen molar-refractivity contribution in [2.75, 3.05) is 31.2 Å². The third-order valence-electron chi connectivity index (χ3n) is 1.36. The molecule has 0 aromatic carbocycles. The summed E-state index contributed by atoms with van der Waals surface area (Å²) < 4.78 is 5.38. The molecular weight excluding hydrogens is 170 g/mol. The highest BCUT2D eigenvalue weighted by molar-refractivity contribution is 7.99. The first-order valence-corrected chi connectivity index (χ1v) is 5.83. The average molecular weight is 191 g/mol. The van der Waals surface area contributed by atoms with E-state index in [0.717, 1.165) is 19.7 Å². The average Bonchev–Trinajstić information content (AvgIpc) is 2.02. The minimum Gasteiger partial charge on any atom is -0.377 e. The van der Waals surface area contributed by atoms with Gasteiger partial charge in [-0.3, -0.25) is 0 Å². The fraction of sp³-hybridized carbons (Fsp3) is 1.00. The van der Waals surface area contributed by atoms with Crippen molar-refractivity contribution in [2.45, 2.75) is 26.9 Å². The Bertz CT molecular complexity index is 88.6. The summed E-state index contributed by atoms with van der Waals surface area (Å²) in [6.07, 6.45) is 0.358. The second-order valence-electron chi connectivity index (χ2n) is 2.87. The van der Waals surface area contributed by atoms with Gasteiger partial charge >= 0.3 is 0 Å². The van der Waals surface area contributed by atoms with Crippen molar-refractivity contribution in [1.29, 1.82) is 0 Å². The van der Waals surface area contributed by atoms with Gasteiger partial charge in [-0.25, -0.2) is 0 Å². The lowest BCUT2D eigenvalue weighted by molar-refractivity contribution is 0.0812. The van der Waals surface area contributed by atoms with Crippen molar-refractivity contribution in [1.82, 2.24) is 5.32 Å². The van der Waals surface area contributed by atoms with Crippen LogP contribution in [0.4, 0.5) is 0 Å². The van der Waals surface area contributed by atoms with Crippen LogP contribution in [0.1, 0.15) is 20.8 Å². The number of thioether (sulfide) groups is 1. The summed E-state index contributed by atoms with van der Waals surface area (Å²) >= 11 is 1.97. The predicted octanol–water partition coefficient (Wildman–Crippen LogP) is 1.75. The van der Waals surface area contributed by atoms with Crippen LogP contribution in [0.15, 0.2) is 0 Å².